The van der Waals surface area contributed by atoms with Crippen molar-refractivity contribution in [2.45, 2.75) is 46.5 Å². The number of aryl methyl sites for hydroxylation is 1. The standard InChI is InChI=1S/C14H17.2CH3.Zr/c1-9(2)12-6-5-11(4)13-7-10(3)8-14(12)13;;;/h5-9H,1-4H3;2*1H3;. The van der Waals surface area contributed by atoms with Crippen molar-refractivity contribution in [1.29, 1.82) is 0 Å². The van der Waals surface area contributed by atoms with Crippen LogP contribution < -0.4 is 0 Å². The van der Waals surface area contributed by atoms with Crippen molar-refractivity contribution in [3.8, 4) is 0 Å². The second-order valence-corrected chi connectivity index (χ2v) is 12.6. The Kier molecular flexibility index (Phi) is 3.78. The van der Waals surface area contributed by atoms with E-state index >= 15 is 0 Å². The molecular weight excluding hydrogens is 283 g/mol. The molecule has 0 aromatic heterocycles. The van der Waals surface area contributed by atoms with Crippen LogP contribution in [0.5, 0.6) is 0 Å². The fourth-order valence-electron chi connectivity index (χ4n) is 3.09. The molecule has 2 rings (SSSR count). The van der Waals surface area contributed by atoms with E-state index in [1.54, 1.807) is 16.7 Å². The van der Waals surface area contributed by atoms with Crippen LogP contribution >= 0.6 is 0 Å². The van der Waals surface area contributed by atoms with Gasteiger partial charge in [-0.2, -0.15) is 0 Å². The van der Waals surface area contributed by atoms with Crippen LogP contribution in [0.15, 0.2) is 17.7 Å². The predicted molar refractivity (Wildman–Crippen MR) is 73.4 cm³/mol. The van der Waals surface area contributed by atoms with Crippen LogP contribution in [-0.2, 0) is 21.8 Å². The maximum atomic E-state index is 2.53. The topological polar surface area (TPSA) is 0 Å². The normalized spacial score (nSPS) is 18.3. The summed E-state index contributed by atoms with van der Waals surface area (Å²) in [7, 11) is 0. The van der Waals surface area contributed by atoms with Crippen molar-refractivity contribution in [3.63, 3.8) is 0 Å². The number of allylic oxidation sites excluding steroid dienone is 1. The molecule has 0 fully saturated rings. The van der Waals surface area contributed by atoms with Crippen molar-refractivity contribution in [2.75, 3.05) is 0 Å². The van der Waals surface area contributed by atoms with Crippen molar-refractivity contribution < 1.29 is 21.8 Å². The molecule has 0 heterocycles. The Hall–Kier alpha value is -0.157. The minimum absolute atomic E-state index is 0.632. The molecule has 17 heavy (non-hydrogen) atoms. The molecule has 1 aliphatic carbocycles. The van der Waals surface area contributed by atoms with E-state index in [0.29, 0.717) is 5.92 Å². The van der Waals surface area contributed by atoms with Gasteiger partial charge in [-0.15, -0.1) is 0 Å². The second kappa shape index (κ2) is 4.84. The fraction of sp³-hybridized carbons (Fsp3) is 0.500. The molecule has 0 saturated heterocycles. The third-order valence-electron chi connectivity index (χ3n) is 3.85. The molecule has 0 nitrogen and oxygen atoms in total. The van der Waals surface area contributed by atoms with E-state index in [0.717, 1.165) is 3.63 Å². The van der Waals surface area contributed by atoms with Crippen LogP contribution in [-0.4, -0.2) is 0 Å². The van der Waals surface area contributed by atoms with Gasteiger partial charge in [0.15, 0.2) is 0 Å². The number of rotatable bonds is 2. The van der Waals surface area contributed by atoms with Gasteiger partial charge in [-0.3, -0.25) is 0 Å². The number of fused-ring (bicyclic) bond motifs is 1. The van der Waals surface area contributed by atoms with Gasteiger partial charge in [0.1, 0.15) is 0 Å². The molecule has 0 amide bonds. The molecule has 0 aliphatic heterocycles. The fourth-order valence-corrected chi connectivity index (χ4v) is 7.90. The Morgan fingerprint density at radius 1 is 1.12 bits per heavy atom. The zero-order valence-corrected chi connectivity index (χ0v) is 14.3. The maximum absolute atomic E-state index is 2.53. The van der Waals surface area contributed by atoms with Gasteiger partial charge in [-0.05, 0) is 0 Å². The zero-order chi connectivity index (χ0) is 12.7. The monoisotopic (exact) mass is 305 g/mol. The summed E-state index contributed by atoms with van der Waals surface area (Å²) in [6.07, 6.45) is 2.47. The quantitative estimate of drug-likeness (QED) is 0.696. The first-order chi connectivity index (χ1) is 7.93. The number of benzene rings is 1. The van der Waals surface area contributed by atoms with Crippen LogP contribution in [0.4, 0.5) is 0 Å². The van der Waals surface area contributed by atoms with E-state index < -0.39 is 21.8 Å². The average molecular weight is 307 g/mol. The van der Waals surface area contributed by atoms with Gasteiger partial charge in [0.2, 0.25) is 0 Å². The molecular formula is C16H23Zr. The van der Waals surface area contributed by atoms with Crippen LogP contribution in [0.25, 0.3) is 6.08 Å². The van der Waals surface area contributed by atoms with Gasteiger partial charge in [0, 0.05) is 0 Å². The average Bonchev–Trinajstić information content (AvgIpc) is 2.55. The third kappa shape index (κ3) is 2.24. The van der Waals surface area contributed by atoms with Crippen molar-refractivity contribution in [2.24, 2.45) is 0 Å². The molecule has 1 aliphatic rings. The Morgan fingerprint density at radius 3 is 2.29 bits per heavy atom. The van der Waals surface area contributed by atoms with Gasteiger partial charge in [0.25, 0.3) is 0 Å². The Labute approximate surface area is 114 Å². The summed E-state index contributed by atoms with van der Waals surface area (Å²) >= 11 is -1.23. The zero-order valence-electron chi connectivity index (χ0n) is 11.9. The van der Waals surface area contributed by atoms with Gasteiger partial charge in [0.05, 0.1) is 0 Å². The molecule has 0 N–H and O–H groups in total. The number of hydrogen-bond acceptors (Lipinski definition) is 0. The summed E-state index contributed by atoms with van der Waals surface area (Å²) in [5.41, 5.74) is 7.90. The third-order valence-corrected chi connectivity index (χ3v) is 8.52. The second-order valence-electron chi connectivity index (χ2n) is 5.85. The van der Waals surface area contributed by atoms with Gasteiger partial charge in [-0.1, -0.05) is 0 Å². The van der Waals surface area contributed by atoms with Crippen molar-refractivity contribution in [3.05, 3.63) is 40.0 Å². The molecule has 1 aromatic rings. The Bertz CT molecular complexity index is 467. The molecule has 0 bridgehead atoms. The van der Waals surface area contributed by atoms with Crippen LogP contribution in [0, 0.1) is 6.92 Å². The van der Waals surface area contributed by atoms with Crippen LogP contribution in [0.3, 0.4) is 0 Å². The molecule has 1 aromatic carbocycles. The number of hydrogen-bond donors (Lipinski definition) is 0. The molecule has 0 spiro atoms. The molecule has 1 heteroatoms. The first-order valence-electron chi connectivity index (χ1n) is 6.55. The van der Waals surface area contributed by atoms with E-state index in [9.17, 15) is 0 Å². The van der Waals surface area contributed by atoms with E-state index in [-0.39, 0.29) is 0 Å². The SMILES string of the molecule is CC1=Cc2c(C(C)C)ccc(C)c2[CH]1[Zr]([CH3])[CH3]. The van der Waals surface area contributed by atoms with Crippen LogP contribution in [0.1, 0.15) is 52.6 Å². The van der Waals surface area contributed by atoms with E-state index in [4.69, 9.17) is 0 Å². The molecule has 0 radical (unpaired) electrons. The van der Waals surface area contributed by atoms with Gasteiger partial charge >= 0.3 is 114 Å². The summed E-state index contributed by atoms with van der Waals surface area (Å²) in [6.45, 7) is 9.23. The molecule has 0 saturated carbocycles. The Balaban J connectivity index is 2.64. The van der Waals surface area contributed by atoms with E-state index in [1.807, 2.05) is 0 Å². The summed E-state index contributed by atoms with van der Waals surface area (Å²) in [5.74, 6) is 0.632. The van der Waals surface area contributed by atoms with E-state index in [2.05, 4.69) is 55.2 Å². The van der Waals surface area contributed by atoms with Crippen molar-refractivity contribution in [1.82, 2.24) is 0 Å². The first-order valence-corrected chi connectivity index (χ1v) is 12.9. The first kappa shape index (κ1) is 13.3. The van der Waals surface area contributed by atoms with E-state index in [1.165, 1.54) is 11.1 Å². The summed E-state index contributed by atoms with van der Waals surface area (Å²) in [5, 5.41) is 0. The summed E-state index contributed by atoms with van der Waals surface area (Å²) in [6, 6.07) is 4.67. The Morgan fingerprint density at radius 2 is 1.76 bits per heavy atom. The molecule has 91 valence electrons. The summed E-state index contributed by atoms with van der Waals surface area (Å²) in [4.78, 5) is 0. The predicted octanol–water partition coefficient (Wildman–Crippen LogP) is 5.29. The molecule has 1 unspecified atom stereocenters. The van der Waals surface area contributed by atoms with Crippen LogP contribution in [0.2, 0.25) is 9.26 Å². The van der Waals surface area contributed by atoms with Gasteiger partial charge in [-0.25, -0.2) is 0 Å². The summed E-state index contributed by atoms with van der Waals surface area (Å²) < 4.78 is 5.88. The van der Waals surface area contributed by atoms with Crippen molar-refractivity contribution >= 4 is 6.08 Å². The molecule has 1 atom stereocenters. The van der Waals surface area contributed by atoms with Gasteiger partial charge < -0.3 is 0 Å². The minimum atomic E-state index is -1.23.